The van der Waals surface area contributed by atoms with Crippen molar-refractivity contribution in [2.45, 2.75) is 13.3 Å². The van der Waals surface area contributed by atoms with Gasteiger partial charge in [-0.05, 0) is 54.3 Å². The molecule has 2 aromatic carbocycles. The number of hydrogen-bond acceptors (Lipinski definition) is 4. The Balaban J connectivity index is 1.44. The van der Waals surface area contributed by atoms with Gasteiger partial charge in [-0.1, -0.05) is 24.3 Å². The summed E-state index contributed by atoms with van der Waals surface area (Å²) in [5.41, 5.74) is 2.76. The Morgan fingerprint density at radius 1 is 0.828 bits per heavy atom. The second-order valence-corrected chi connectivity index (χ2v) is 7.33. The molecule has 0 atom stereocenters. The molecule has 0 aliphatic heterocycles. The summed E-state index contributed by atoms with van der Waals surface area (Å²) < 4.78 is 0. The summed E-state index contributed by atoms with van der Waals surface area (Å²) in [5, 5.41) is 10.2. The van der Waals surface area contributed by atoms with Crippen LogP contribution in [-0.2, 0) is 4.79 Å². The van der Waals surface area contributed by atoms with Crippen molar-refractivity contribution in [2.75, 3.05) is 17.2 Å². The molecule has 0 saturated heterocycles. The first-order chi connectivity index (χ1) is 14.0. The number of carbonyl (C=O) groups excluding carboxylic acids is 3. The molecule has 7 heteroatoms. The minimum atomic E-state index is -0.203. The van der Waals surface area contributed by atoms with E-state index in [1.807, 2.05) is 30.5 Å². The smallest absolute Gasteiger partial charge is 0.265 e. The summed E-state index contributed by atoms with van der Waals surface area (Å²) in [6, 6.07) is 17.8. The summed E-state index contributed by atoms with van der Waals surface area (Å²) in [7, 11) is 0. The molecule has 3 N–H and O–H groups in total. The van der Waals surface area contributed by atoms with Crippen LogP contribution >= 0.6 is 11.3 Å². The van der Waals surface area contributed by atoms with E-state index in [4.69, 9.17) is 0 Å². The van der Waals surface area contributed by atoms with Crippen molar-refractivity contribution in [1.82, 2.24) is 5.32 Å². The molecule has 29 heavy (non-hydrogen) atoms. The lowest BCUT2D eigenvalue weighted by atomic mass is 10.1. The fourth-order valence-electron chi connectivity index (χ4n) is 2.67. The van der Waals surface area contributed by atoms with E-state index in [0.717, 1.165) is 5.56 Å². The fraction of sp³-hybridized carbons (Fsp3) is 0.136. The molecule has 0 bridgehead atoms. The summed E-state index contributed by atoms with van der Waals surface area (Å²) in [6.45, 7) is 2.11. The Morgan fingerprint density at radius 2 is 1.52 bits per heavy atom. The van der Waals surface area contributed by atoms with Crippen LogP contribution in [-0.4, -0.2) is 24.3 Å². The zero-order valence-corrected chi connectivity index (χ0v) is 16.7. The zero-order chi connectivity index (χ0) is 20.6. The molecule has 148 valence electrons. The van der Waals surface area contributed by atoms with Crippen LogP contribution in [0.4, 0.5) is 11.4 Å². The van der Waals surface area contributed by atoms with Crippen LogP contribution in [0.5, 0.6) is 0 Å². The molecule has 3 aromatic rings. The maximum Gasteiger partial charge on any atom is 0.265 e. The predicted octanol–water partition coefficient (Wildman–Crippen LogP) is 4.07. The van der Waals surface area contributed by atoms with Crippen molar-refractivity contribution in [3.63, 3.8) is 0 Å². The first kappa shape index (κ1) is 20.3. The van der Waals surface area contributed by atoms with E-state index in [0.29, 0.717) is 21.8 Å². The average Bonchev–Trinajstić information content (AvgIpc) is 3.25. The fourth-order valence-corrected chi connectivity index (χ4v) is 3.29. The molecular weight excluding hydrogens is 386 g/mol. The normalized spacial score (nSPS) is 10.2. The molecule has 1 aromatic heterocycles. The highest BCUT2D eigenvalue weighted by Crippen LogP contribution is 2.16. The van der Waals surface area contributed by atoms with Gasteiger partial charge in [0.05, 0.1) is 4.88 Å². The molecule has 3 rings (SSSR count). The second-order valence-electron chi connectivity index (χ2n) is 6.38. The van der Waals surface area contributed by atoms with E-state index in [1.165, 1.54) is 11.3 Å². The highest BCUT2D eigenvalue weighted by molar-refractivity contribution is 7.12. The van der Waals surface area contributed by atoms with Crippen LogP contribution in [0.25, 0.3) is 0 Å². The molecule has 0 spiro atoms. The standard InChI is InChI=1S/C22H21N3O3S/c1-15-5-2-3-6-18(15)21(27)23-13-12-20(26)24-16-8-10-17(11-9-16)25-22(28)19-7-4-14-29-19/h2-11,14H,12-13H2,1H3,(H,23,27)(H,24,26)(H,25,28). The van der Waals surface area contributed by atoms with Crippen molar-refractivity contribution in [3.8, 4) is 0 Å². The minimum absolute atomic E-state index is 0.161. The third-order valence-corrected chi connectivity index (χ3v) is 5.07. The van der Waals surface area contributed by atoms with Gasteiger partial charge in [-0.25, -0.2) is 0 Å². The number of rotatable bonds is 7. The van der Waals surface area contributed by atoms with Gasteiger partial charge in [-0.2, -0.15) is 0 Å². The van der Waals surface area contributed by atoms with Crippen LogP contribution in [0.2, 0.25) is 0 Å². The van der Waals surface area contributed by atoms with Gasteiger partial charge in [-0.15, -0.1) is 11.3 Å². The first-order valence-corrected chi connectivity index (χ1v) is 9.99. The van der Waals surface area contributed by atoms with Gasteiger partial charge in [0.25, 0.3) is 11.8 Å². The largest absolute Gasteiger partial charge is 0.352 e. The lowest BCUT2D eigenvalue weighted by molar-refractivity contribution is -0.116. The highest BCUT2D eigenvalue weighted by Gasteiger charge is 2.10. The van der Waals surface area contributed by atoms with Gasteiger partial charge < -0.3 is 16.0 Å². The van der Waals surface area contributed by atoms with Gasteiger partial charge in [0.1, 0.15) is 0 Å². The topological polar surface area (TPSA) is 87.3 Å². The van der Waals surface area contributed by atoms with E-state index < -0.39 is 0 Å². The Hall–Kier alpha value is -3.45. The van der Waals surface area contributed by atoms with Crippen LogP contribution < -0.4 is 16.0 Å². The Bertz CT molecular complexity index is 998. The second kappa shape index (κ2) is 9.66. The number of carbonyl (C=O) groups is 3. The summed E-state index contributed by atoms with van der Waals surface area (Å²) in [6.07, 6.45) is 0.161. The molecule has 0 radical (unpaired) electrons. The lowest BCUT2D eigenvalue weighted by Gasteiger charge is -2.09. The summed E-state index contributed by atoms with van der Waals surface area (Å²) in [5.74, 6) is -0.562. The monoisotopic (exact) mass is 407 g/mol. The van der Waals surface area contributed by atoms with Crippen molar-refractivity contribution in [3.05, 3.63) is 82.0 Å². The van der Waals surface area contributed by atoms with Crippen molar-refractivity contribution >= 4 is 40.4 Å². The quantitative estimate of drug-likeness (QED) is 0.552. The van der Waals surface area contributed by atoms with Crippen LogP contribution in [0.1, 0.15) is 32.0 Å². The van der Waals surface area contributed by atoms with Gasteiger partial charge in [0.2, 0.25) is 5.91 Å². The lowest BCUT2D eigenvalue weighted by Crippen LogP contribution is -2.28. The maximum atomic E-state index is 12.1. The number of thiophene rings is 1. The van der Waals surface area contributed by atoms with Crippen molar-refractivity contribution < 1.29 is 14.4 Å². The number of aryl methyl sites for hydroxylation is 1. The molecule has 6 nitrogen and oxygen atoms in total. The van der Waals surface area contributed by atoms with Gasteiger partial charge in [0, 0.05) is 29.9 Å². The third-order valence-electron chi connectivity index (χ3n) is 4.20. The number of hydrogen-bond donors (Lipinski definition) is 3. The molecule has 0 fully saturated rings. The predicted molar refractivity (Wildman–Crippen MR) is 115 cm³/mol. The zero-order valence-electron chi connectivity index (χ0n) is 15.9. The van der Waals surface area contributed by atoms with E-state index in [9.17, 15) is 14.4 Å². The maximum absolute atomic E-state index is 12.1. The Kier molecular flexibility index (Phi) is 6.76. The molecule has 3 amide bonds. The Morgan fingerprint density at radius 3 is 2.17 bits per heavy atom. The van der Waals surface area contributed by atoms with Crippen molar-refractivity contribution in [1.29, 1.82) is 0 Å². The van der Waals surface area contributed by atoms with Crippen LogP contribution in [0, 0.1) is 6.92 Å². The van der Waals surface area contributed by atoms with E-state index >= 15 is 0 Å². The van der Waals surface area contributed by atoms with Gasteiger partial charge >= 0.3 is 0 Å². The van der Waals surface area contributed by atoms with Crippen LogP contribution in [0.15, 0.2) is 66.0 Å². The highest BCUT2D eigenvalue weighted by atomic mass is 32.1. The Labute approximate surface area is 173 Å². The SMILES string of the molecule is Cc1ccccc1C(=O)NCCC(=O)Nc1ccc(NC(=O)c2cccs2)cc1. The number of benzene rings is 2. The summed E-state index contributed by atoms with van der Waals surface area (Å²) in [4.78, 5) is 36.9. The number of amides is 3. The number of anilines is 2. The van der Waals surface area contributed by atoms with Gasteiger partial charge in [0.15, 0.2) is 0 Å². The average molecular weight is 407 g/mol. The summed E-state index contributed by atoms with van der Waals surface area (Å²) >= 11 is 1.37. The van der Waals surface area contributed by atoms with Crippen molar-refractivity contribution in [2.24, 2.45) is 0 Å². The third kappa shape index (κ3) is 5.76. The molecule has 0 aliphatic rings. The first-order valence-electron chi connectivity index (χ1n) is 9.11. The molecular formula is C22H21N3O3S. The number of nitrogens with one attached hydrogen (secondary N) is 3. The molecule has 0 saturated carbocycles. The van der Waals surface area contributed by atoms with Crippen LogP contribution in [0.3, 0.4) is 0 Å². The minimum Gasteiger partial charge on any atom is -0.352 e. The molecule has 0 aliphatic carbocycles. The van der Waals surface area contributed by atoms with E-state index in [-0.39, 0.29) is 30.7 Å². The molecule has 0 unspecified atom stereocenters. The van der Waals surface area contributed by atoms with E-state index in [2.05, 4.69) is 16.0 Å². The van der Waals surface area contributed by atoms with Gasteiger partial charge in [-0.3, -0.25) is 14.4 Å². The molecule has 1 heterocycles. The van der Waals surface area contributed by atoms with E-state index in [1.54, 1.807) is 42.5 Å².